The first kappa shape index (κ1) is 18.6. The average Bonchev–Trinajstić information content (AvgIpc) is 2.53. The molecule has 1 amide bonds. The monoisotopic (exact) mass is 432 g/mol. The molecule has 1 aliphatic heterocycles. The molecule has 1 aliphatic rings. The zero-order chi connectivity index (χ0) is 16.8. The minimum absolute atomic E-state index is 0.0957. The van der Waals surface area contributed by atoms with E-state index in [1.54, 1.807) is 0 Å². The van der Waals surface area contributed by atoms with E-state index >= 15 is 0 Å². The number of hydrogen-bond acceptors (Lipinski definition) is 4. The number of amides is 1. The van der Waals surface area contributed by atoms with Crippen LogP contribution in [0.25, 0.3) is 0 Å². The summed E-state index contributed by atoms with van der Waals surface area (Å²) in [5.41, 5.74) is 0.770. The highest BCUT2D eigenvalue weighted by molar-refractivity contribution is 14.1. The third-order valence-electron chi connectivity index (χ3n) is 3.85. The Balaban J connectivity index is 1.80. The molecular weight excluding hydrogens is 407 g/mol. The molecule has 1 unspecified atom stereocenters. The molecule has 0 bridgehead atoms. The molecule has 1 aromatic carbocycles. The molecule has 1 fully saturated rings. The zero-order valence-corrected chi connectivity index (χ0v) is 15.9. The van der Waals surface area contributed by atoms with Crippen LogP contribution in [-0.2, 0) is 4.74 Å². The van der Waals surface area contributed by atoms with E-state index in [2.05, 4.69) is 27.5 Å². The van der Waals surface area contributed by atoms with Gasteiger partial charge in [0.2, 0.25) is 0 Å². The van der Waals surface area contributed by atoms with Crippen molar-refractivity contribution in [3.8, 4) is 0 Å². The van der Waals surface area contributed by atoms with Gasteiger partial charge in [-0.25, -0.2) is 0 Å². The minimum atomic E-state index is -0.477. The molecule has 1 aromatic rings. The van der Waals surface area contributed by atoms with E-state index < -0.39 is 6.10 Å². The zero-order valence-electron chi connectivity index (χ0n) is 13.7. The maximum Gasteiger partial charge on any atom is 0.255 e. The molecule has 1 N–H and O–H groups in total. The third-order valence-corrected chi connectivity index (χ3v) is 4.80. The number of carbonyl (C=O) groups is 1. The van der Waals surface area contributed by atoms with Gasteiger partial charge >= 0.3 is 0 Å². The third kappa shape index (κ3) is 5.70. The summed E-state index contributed by atoms with van der Waals surface area (Å²) < 4.78 is 6.42. The SMILES string of the molecule is CC(C)OCC(O)CN1CCN(C(=O)c2ccccc2I)CC1. The Kier molecular flexibility index (Phi) is 7.26. The molecule has 0 saturated carbocycles. The Hall–Kier alpha value is -0.700. The molecule has 0 aromatic heterocycles. The van der Waals surface area contributed by atoms with Crippen molar-refractivity contribution < 1.29 is 14.6 Å². The summed E-state index contributed by atoms with van der Waals surface area (Å²) in [4.78, 5) is 16.6. The number of aliphatic hydroxyl groups excluding tert-OH is 1. The highest BCUT2D eigenvalue weighted by atomic mass is 127. The number of piperazine rings is 1. The van der Waals surface area contributed by atoms with Gasteiger partial charge in [0.05, 0.1) is 24.4 Å². The Morgan fingerprint density at radius 1 is 1.26 bits per heavy atom. The van der Waals surface area contributed by atoms with Crippen LogP contribution in [0.5, 0.6) is 0 Å². The molecule has 2 rings (SSSR count). The molecule has 0 aliphatic carbocycles. The van der Waals surface area contributed by atoms with Crippen LogP contribution in [-0.4, -0.2) is 72.4 Å². The van der Waals surface area contributed by atoms with Crippen LogP contribution in [0.2, 0.25) is 0 Å². The summed E-state index contributed by atoms with van der Waals surface area (Å²) in [5, 5.41) is 9.99. The van der Waals surface area contributed by atoms with Crippen molar-refractivity contribution in [2.45, 2.75) is 26.1 Å². The number of hydrogen-bond donors (Lipinski definition) is 1. The fourth-order valence-electron chi connectivity index (χ4n) is 2.59. The van der Waals surface area contributed by atoms with Crippen molar-refractivity contribution in [3.05, 3.63) is 33.4 Å². The molecule has 1 atom stereocenters. The van der Waals surface area contributed by atoms with Gasteiger partial charge in [-0.1, -0.05) is 12.1 Å². The van der Waals surface area contributed by atoms with Crippen molar-refractivity contribution >= 4 is 28.5 Å². The van der Waals surface area contributed by atoms with Gasteiger partial charge in [-0.15, -0.1) is 0 Å². The van der Waals surface area contributed by atoms with E-state index in [1.165, 1.54) is 0 Å². The molecular formula is C17H25IN2O3. The number of aliphatic hydroxyl groups is 1. The molecule has 1 saturated heterocycles. The van der Waals surface area contributed by atoms with E-state index in [0.29, 0.717) is 26.2 Å². The number of carbonyl (C=O) groups excluding carboxylic acids is 1. The van der Waals surface area contributed by atoms with E-state index in [9.17, 15) is 9.90 Å². The minimum Gasteiger partial charge on any atom is -0.389 e. The lowest BCUT2D eigenvalue weighted by Crippen LogP contribution is -2.51. The first-order valence-corrected chi connectivity index (χ1v) is 9.11. The van der Waals surface area contributed by atoms with E-state index in [-0.39, 0.29) is 12.0 Å². The van der Waals surface area contributed by atoms with Gasteiger partial charge in [-0.2, -0.15) is 0 Å². The van der Waals surface area contributed by atoms with Crippen molar-refractivity contribution in [1.29, 1.82) is 0 Å². The number of ether oxygens (including phenoxy) is 1. The quantitative estimate of drug-likeness (QED) is 0.698. The van der Waals surface area contributed by atoms with Gasteiger partial charge in [0.25, 0.3) is 5.91 Å². The van der Waals surface area contributed by atoms with Crippen molar-refractivity contribution in [1.82, 2.24) is 9.80 Å². The van der Waals surface area contributed by atoms with Crippen LogP contribution >= 0.6 is 22.6 Å². The van der Waals surface area contributed by atoms with E-state index in [0.717, 1.165) is 22.2 Å². The first-order chi connectivity index (χ1) is 11.0. The number of β-amino-alcohol motifs (C(OH)–C–C–N with tert-alkyl or cyclic N) is 1. The summed E-state index contributed by atoms with van der Waals surface area (Å²) in [6.45, 7) is 7.84. The van der Waals surface area contributed by atoms with Gasteiger partial charge in [0.1, 0.15) is 0 Å². The maximum absolute atomic E-state index is 12.6. The van der Waals surface area contributed by atoms with Gasteiger partial charge < -0.3 is 14.7 Å². The van der Waals surface area contributed by atoms with E-state index in [1.807, 2.05) is 43.0 Å². The Bertz CT molecular complexity index is 516. The first-order valence-electron chi connectivity index (χ1n) is 8.03. The molecule has 23 heavy (non-hydrogen) atoms. The standard InChI is InChI=1S/C17H25IN2O3/c1-13(2)23-12-14(21)11-19-7-9-20(10-8-19)17(22)15-5-3-4-6-16(15)18/h3-6,13-14,21H,7-12H2,1-2H3. The highest BCUT2D eigenvalue weighted by Crippen LogP contribution is 2.15. The Morgan fingerprint density at radius 2 is 1.91 bits per heavy atom. The number of halogens is 1. The second-order valence-corrected chi connectivity index (χ2v) is 7.27. The molecule has 0 radical (unpaired) electrons. The Labute approximate surface area is 151 Å². The lowest BCUT2D eigenvalue weighted by atomic mass is 10.2. The second kappa shape index (κ2) is 8.96. The van der Waals surface area contributed by atoms with Crippen molar-refractivity contribution in [2.24, 2.45) is 0 Å². The normalized spacial score (nSPS) is 17.5. The summed E-state index contributed by atoms with van der Waals surface area (Å²) in [5.74, 6) is 0.0957. The summed E-state index contributed by atoms with van der Waals surface area (Å²) in [6, 6.07) is 7.67. The van der Waals surface area contributed by atoms with Gasteiger partial charge in [0.15, 0.2) is 0 Å². The lowest BCUT2D eigenvalue weighted by molar-refractivity contribution is -0.0137. The van der Waals surface area contributed by atoms with Crippen LogP contribution < -0.4 is 0 Å². The van der Waals surface area contributed by atoms with Crippen LogP contribution in [0, 0.1) is 3.57 Å². The topological polar surface area (TPSA) is 53.0 Å². The highest BCUT2D eigenvalue weighted by Gasteiger charge is 2.24. The van der Waals surface area contributed by atoms with Gasteiger partial charge in [-0.3, -0.25) is 9.69 Å². The van der Waals surface area contributed by atoms with Crippen LogP contribution in [0.15, 0.2) is 24.3 Å². The molecule has 1 heterocycles. The molecule has 128 valence electrons. The second-order valence-electron chi connectivity index (χ2n) is 6.11. The molecule has 6 heteroatoms. The van der Waals surface area contributed by atoms with Gasteiger partial charge in [-0.05, 0) is 48.6 Å². The number of rotatable bonds is 6. The van der Waals surface area contributed by atoms with E-state index in [4.69, 9.17) is 4.74 Å². The van der Waals surface area contributed by atoms with Gasteiger partial charge in [0, 0.05) is 36.3 Å². The smallest absolute Gasteiger partial charge is 0.255 e. The Morgan fingerprint density at radius 3 is 2.52 bits per heavy atom. The van der Waals surface area contributed by atoms with Crippen molar-refractivity contribution in [2.75, 3.05) is 39.3 Å². The predicted molar refractivity (Wildman–Crippen MR) is 98.6 cm³/mol. The summed E-state index contributed by atoms with van der Waals surface area (Å²) >= 11 is 2.20. The number of benzene rings is 1. The lowest BCUT2D eigenvalue weighted by Gasteiger charge is -2.35. The predicted octanol–water partition coefficient (Wildman–Crippen LogP) is 1.83. The fraction of sp³-hybridized carbons (Fsp3) is 0.588. The largest absolute Gasteiger partial charge is 0.389 e. The van der Waals surface area contributed by atoms with Crippen LogP contribution in [0.4, 0.5) is 0 Å². The average molecular weight is 432 g/mol. The summed E-state index contributed by atoms with van der Waals surface area (Å²) in [6.07, 6.45) is -0.345. The van der Waals surface area contributed by atoms with Crippen LogP contribution in [0.3, 0.4) is 0 Å². The van der Waals surface area contributed by atoms with Crippen molar-refractivity contribution in [3.63, 3.8) is 0 Å². The number of nitrogens with zero attached hydrogens (tertiary/aromatic N) is 2. The molecule has 0 spiro atoms. The fourth-order valence-corrected chi connectivity index (χ4v) is 3.21. The summed E-state index contributed by atoms with van der Waals surface area (Å²) in [7, 11) is 0. The van der Waals surface area contributed by atoms with Crippen LogP contribution in [0.1, 0.15) is 24.2 Å². The molecule has 5 nitrogen and oxygen atoms in total. The maximum atomic E-state index is 12.6.